The van der Waals surface area contributed by atoms with Crippen LogP contribution in [0.15, 0.2) is 54.7 Å². The van der Waals surface area contributed by atoms with Crippen LogP contribution in [0, 0.1) is 3.57 Å². The second kappa shape index (κ2) is 5.37. The molecule has 0 bridgehead atoms. The minimum atomic E-state index is 1.10. The number of hydrogen-bond acceptors (Lipinski definition) is 0. The first-order valence-corrected chi connectivity index (χ1v) is 7.60. The van der Waals surface area contributed by atoms with Crippen LogP contribution in [0.5, 0.6) is 0 Å². The maximum Gasteiger partial charge on any atom is 0.0480 e. The molecule has 3 aromatic rings. The van der Waals surface area contributed by atoms with Gasteiger partial charge in [0.1, 0.15) is 0 Å². The van der Waals surface area contributed by atoms with Crippen LogP contribution in [0.4, 0.5) is 0 Å². The number of halogens is 1. The number of nitrogens with zero attached hydrogens (tertiary/aromatic N) is 1. The SMILES string of the molecule is Cn1cc(CCc2ccccc2I)c2ccccc21. The molecule has 0 amide bonds. The second-order valence-electron chi connectivity index (χ2n) is 4.87. The fourth-order valence-electron chi connectivity index (χ4n) is 2.60. The summed E-state index contributed by atoms with van der Waals surface area (Å²) in [5.41, 5.74) is 4.20. The molecular formula is C17H16IN. The Morgan fingerprint density at radius 1 is 0.895 bits per heavy atom. The van der Waals surface area contributed by atoms with Crippen molar-refractivity contribution in [2.75, 3.05) is 0 Å². The van der Waals surface area contributed by atoms with Gasteiger partial charge in [-0.05, 0) is 58.7 Å². The molecule has 0 aliphatic heterocycles. The van der Waals surface area contributed by atoms with Crippen LogP contribution in [-0.4, -0.2) is 4.57 Å². The number of para-hydroxylation sites is 1. The third-order valence-corrected chi connectivity index (χ3v) is 4.65. The van der Waals surface area contributed by atoms with Crippen LogP contribution in [0.3, 0.4) is 0 Å². The maximum absolute atomic E-state index is 2.42. The molecule has 2 aromatic carbocycles. The predicted molar refractivity (Wildman–Crippen MR) is 89.5 cm³/mol. The van der Waals surface area contributed by atoms with Crippen molar-refractivity contribution in [1.29, 1.82) is 0 Å². The first-order chi connectivity index (χ1) is 9.25. The van der Waals surface area contributed by atoms with Crippen LogP contribution in [0.2, 0.25) is 0 Å². The number of hydrogen-bond donors (Lipinski definition) is 0. The Bertz CT molecular complexity index is 712. The van der Waals surface area contributed by atoms with Gasteiger partial charge in [-0.25, -0.2) is 0 Å². The lowest BCUT2D eigenvalue weighted by atomic mass is 10.0. The van der Waals surface area contributed by atoms with E-state index in [-0.39, 0.29) is 0 Å². The Balaban J connectivity index is 1.88. The third-order valence-electron chi connectivity index (χ3n) is 3.60. The molecule has 0 aliphatic carbocycles. The van der Waals surface area contributed by atoms with E-state index >= 15 is 0 Å². The summed E-state index contributed by atoms with van der Waals surface area (Å²) in [5.74, 6) is 0. The van der Waals surface area contributed by atoms with E-state index in [9.17, 15) is 0 Å². The molecule has 96 valence electrons. The maximum atomic E-state index is 2.42. The number of aryl methyl sites for hydroxylation is 3. The number of aromatic nitrogens is 1. The van der Waals surface area contributed by atoms with E-state index in [0.29, 0.717) is 0 Å². The molecule has 0 saturated carbocycles. The third kappa shape index (κ3) is 2.54. The topological polar surface area (TPSA) is 4.93 Å². The highest BCUT2D eigenvalue weighted by Gasteiger charge is 2.06. The molecule has 1 nitrogen and oxygen atoms in total. The molecule has 2 heteroatoms. The first kappa shape index (κ1) is 12.7. The summed E-state index contributed by atoms with van der Waals surface area (Å²) in [5, 5.41) is 1.39. The molecule has 0 atom stereocenters. The lowest BCUT2D eigenvalue weighted by Crippen LogP contribution is -1.93. The standard InChI is InChI=1S/C17H16IN/c1-19-12-14(15-7-3-5-9-17(15)19)11-10-13-6-2-4-8-16(13)18/h2-9,12H,10-11H2,1H3. The average molecular weight is 361 g/mol. The summed E-state index contributed by atoms with van der Waals surface area (Å²) in [6, 6.07) is 17.3. The summed E-state index contributed by atoms with van der Waals surface area (Å²) < 4.78 is 3.58. The fourth-order valence-corrected chi connectivity index (χ4v) is 3.25. The number of fused-ring (bicyclic) bond motifs is 1. The van der Waals surface area contributed by atoms with E-state index in [1.165, 1.54) is 25.6 Å². The molecular weight excluding hydrogens is 345 g/mol. The van der Waals surface area contributed by atoms with Crippen LogP contribution >= 0.6 is 22.6 Å². The Hall–Kier alpha value is -1.29. The molecule has 1 heterocycles. The number of benzene rings is 2. The molecule has 19 heavy (non-hydrogen) atoms. The van der Waals surface area contributed by atoms with Crippen molar-refractivity contribution in [2.24, 2.45) is 7.05 Å². The van der Waals surface area contributed by atoms with Gasteiger partial charge in [0.15, 0.2) is 0 Å². The molecule has 0 N–H and O–H groups in total. The van der Waals surface area contributed by atoms with Gasteiger partial charge in [-0.2, -0.15) is 0 Å². The van der Waals surface area contributed by atoms with Crippen LogP contribution in [0.25, 0.3) is 10.9 Å². The fraction of sp³-hybridized carbons (Fsp3) is 0.176. The Kier molecular flexibility index (Phi) is 3.60. The van der Waals surface area contributed by atoms with Gasteiger partial charge >= 0.3 is 0 Å². The zero-order valence-electron chi connectivity index (χ0n) is 10.9. The van der Waals surface area contributed by atoms with Crippen LogP contribution < -0.4 is 0 Å². The highest BCUT2D eigenvalue weighted by molar-refractivity contribution is 14.1. The van der Waals surface area contributed by atoms with Gasteiger partial charge in [-0.3, -0.25) is 0 Å². The summed E-state index contributed by atoms with van der Waals surface area (Å²) in [6.07, 6.45) is 4.47. The van der Waals surface area contributed by atoms with E-state index in [0.717, 1.165) is 12.8 Å². The second-order valence-corrected chi connectivity index (χ2v) is 6.04. The van der Waals surface area contributed by atoms with Gasteiger partial charge in [0.25, 0.3) is 0 Å². The molecule has 0 aliphatic rings. The van der Waals surface area contributed by atoms with Gasteiger partial charge in [-0.1, -0.05) is 36.4 Å². The first-order valence-electron chi connectivity index (χ1n) is 6.52. The van der Waals surface area contributed by atoms with Gasteiger partial charge in [0.05, 0.1) is 0 Å². The molecule has 0 spiro atoms. The van der Waals surface area contributed by atoms with E-state index < -0.39 is 0 Å². The zero-order chi connectivity index (χ0) is 13.2. The van der Waals surface area contributed by atoms with Gasteiger partial charge in [-0.15, -0.1) is 0 Å². The summed E-state index contributed by atoms with van der Waals surface area (Å²) in [7, 11) is 2.12. The summed E-state index contributed by atoms with van der Waals surface area (Å²) in [6.45, 7) is 0. The van der Waals surface area contributed by atoms with Crippen molar-refractivity contribution in [2.45, 2.75) is 12.8 Å². The molecule has 1 aromatic heterocycles. The van der Waals surface area contributed by atoms with Crippen molar-refractivity contribution >= 4 is 33.5 Å². The molecule has 0 fully saturated rings. The van der Waals surface area contributed by atoms with Gasteiger partial charge < -0.3 is 4.57 Å². The highest BCUT2D eigenvalue weighted by Crippen LogP contribution is 2.22. The van der Waals surface area contributed by atoms with Crippen molar-refractivity contribution in [3.63, 3.8) is 0 Å². The lowest BCUT2D eigenvalue weighted by Gasteiger charge is -2.03. The van der Waals surface area contributed by atoms with Crippen molar-refractivity contribution < 1.29 is 0 Å². The van der Waals surface area contributed by atoms with Crippen molar-refractivity contribution in [1.82, 2.24) is 4.57 Å². The van der Waals surface area contributed by atoms with Crippen molar-refractivity contribution in [3.8, 4) is 0 Å². The van der Waals surface area contributed by atoms with E-state index in [2.05, 4.69) is 88.9 Å². The van der Waals surface area contributed by atoms with Crippen LogP contribution in [-0.2, 0) is 19.9 Å². The Labute approximate surface area is 127 Å². The average Bonchev–Trinajstić information content (AvgIpc) is 2.75. The van der Waals surface area contributed by atoms with Gasteiger partial charge in [0.2, 0.25) is 0 Å². The minimum absolute atomic E-state index is 1.10. The minimum Gasteiger partial charge on any atom is -0.350 e. The normalized spacial score (nSPS) is 11.1. The van der Waals surface area contributed by atoms with E-state index in [4.69, 9.17) is 0 Å². The number of rotatable bonds is 3. The van der Waals surface area contributed by atoms with Crippen LogP contribution in [0.1, 0.15) is 11.1 Å². The smallest absolute Gasteiger partial charge is 0.0480 e. The Morgan fingerprint density at radius 2 is 1.58 bits per heavy atom. The van der Waals surface area contributed by atoms with E-state index in [1.54, 1.807) is 0 Å². The van der Waals surface area contributed by atoms with E-state index in [1.807, 2.05) is 0 Å². The van der Waals surface area contributed by atoms with Gasteiger partial charge in [0, 0.05) is 27.7 Å². The summed E-state index contributed by atoms with van der Waals surface area (Å²) >= 11 is 2.42. The molecule has 0 unspecified atom stereocenters. The molecule has 0 radical (unpaired) electrons. The zero-order valence-corrected chi connectivity index (χ0v) is 13.1. The largest absolute Gasteiger partial charge is 0.350 e. The quantitative estimate of drug-likeness (QED) is 0.603. The monoisotopic (exact) mass is 361 g/mol. The Morgan fingerprint density at radius 3 is 2.42 bits per heavy atom. The predicted octanol–water partition coefficient (Wildman–Crippen LogP) is 4.57. The van der Waals surface area contributed by atoms with Crippen molar-refractivity contribution in [3.05, 3.63) is 69.4 Å². The molecule has 3 rings (SSSR count). The summed E-state index contributed by atoms with van der Waals surface area (Å²) in [4.78, 5) is 0. The molecule has 0 saturated heterocycles. The lowest BCUT2D eigenvalue weighted by molar-refractivity contribution is 0.921. The highest BCUT2D eigenvalue weighted by atomic mass is 127.